The van der Waals surface area contributed by atoms with E-state index in [0.29, 0.717) is 19.7 Å². The monoisotopic (exact) mass is 316 g/mol. The first-order valence-corrected chi connectivity index (χ1v) is 10.3. The lowest BCUT2D eigenvalue weighted by Gasteiger charge is -2.15. The number of hydrogen-bond acceptors (Lipinski definition) is 3. The molecule has 114 valence electrons. The van der Waals surface area contributed by atoms with Gasteiger partial charge < -0.3 is 15.8 Å². The molecule has 1 aromatic rings. The number of alkyl carbamates (subject to hydrolysis) is 1. The molecule has 0 aliphatic carbocycles. The number of benzene rings is 1. The van der Waals surface area contributed by atoms with Gasteiger partial charge in [-0.05, 0) is 17.2 Å². The van der Waals surface area contributed by atoms with Crippen LogP contribution in [-0.4, -0.2) is 20.8 Å². The van der Waals surface area contributed by atoms with Crippen LogP contribution in [0.15, 0.2) is 24.3 Å². The molecule has 3 N–H and O–H groups in total. The zero-order valence-corrected chi connectivity index (χ0v) is 14.3. The third-order valence-electron chi connectivity index (χ3n) is 2.78. The third kappa shape index (κ3) is 8.19. The lowest BCUT2D eigenvalue weighted by Crippen LogP contribution is -2.27. The van der Waals surface area contributed by atoms with Crippen molar-refractivity contribution in [3.05, 3.63) is 35.4 Å². The molecule has 1 rings (SSSR count). The summed E-state index contributed by atoms with van der Waals surface area (Å²) >= 11 is 0. The summed E-state index contributed by atoms with van der Waals surface area (Å²) in [7, 11) is -1.14. The van der Waals surface area contributed by atoms with Crippen molar-refractivity contribution in [2.24, 2.45) is 5.73 Å². The van der Waals surface area contributed by atoms with E-state index in [9.17, 15) is 4.79 Å². The zero-order valence-electron chi connectivity index (χ0n) is 12.4. The van der Waals surface area contributed by atoms with E-state index in [1.165, 1.54) is 0 Å². The quantitative estimate of drug-likeness (QED) is 0.792. The van der Waals surface area contributed by atoms with E-state index in [0.717, 1.165) is 17.2 Å². The molecule has 0 fully saturated rings. The number of halogens is 1. The maximum Gasteiger partial charge on any atom is 0.407 e. The van der Waals surface area contributed by atoms with E-state index in [1.807, 2.05) is 24.3 Å². The molecule has 0 bridgehead atoms. The van der Waals surface area contributed by atoms with Crippen LogP contribution >= 0.6 is 12.4 Å². The number of hydrogen-bond donors (Lipinski definition) is 2. The first kappa shape index (κ1) is 19.0. The lowest BCUT2D eigenvalue weighted by molar-refractivity contribution is 0.151. The maximum atomic E-state index is 11.5. The van der Waals surface area contributed by atoms with Crippen molar-refractivity contribution >= 4 is 26.6 Å². The van der Waals surface area contributed by atoms with E-state index in [-0.39, 0.29) is 18.5 Å². The average molecular weight is 317 g/mol. The van der Waals surface area contributed by atoms with Crippen LogP contribution in [0, 0.1) is 0 Å². The van der Waals surface area contributed by atoms with Gasteiger partial charge in [0, 0.05) is 21.2 Å². The predicted molar refractivity (Wildman–Crippen MR) is 87.9 cm³/mol. The summed E-state index contributed by atoms with van der Waals surface area (Å²) in [6, 6.07) is 8.85. The number of nitrogens with two attached hydrogens (primary N) is 1. The number of carbonyl (C=O) groups is 1. The van der Waals surface area contributed by atoms with Gasteiger partial charge in [0.1, 0.15) is 0 Å². The fourth-order valence-corrected chi connectivity index (χ4v) is 2.18. The third-order valence-corrected chi connectivity index (χ3v) is 4.48. The normalized spacial score (nSPS) is 10.6. The smallest absolute Gasteiger partial charge is 0.407 e. The van der Waals surface area contributed by atoms with Gasteiger partial charge in [-0.15, -0.1) is 12.4 Å². The number of amides is 1. The predicted octanol–water partition coefficient (Wildman–Crippen LogP) is 3.13. The van der Waals surface area contributed by atoms with Gasteiger partial charge in [-0.3, -0.25) is 0 Å². The van der Waals surface area contributed by atoms with Gasteiger partial charge in [0.25, 0.3) is 0 Å². The fraction of sp³-hybridized carbons (Fsp3) is 0.500. The van der Waals surface area contributed by atoms with Crippen LogP contribution in [0.4, 0.5) is 4.79 Å². The summed E-state index contributed by atoms with van der Waals surface area (Å²) in [6.07, 6.45) is -0.346. The summed E-state index contributed by atoms with van der Waals surface area (Å²) in [6.45, 7) is 8.30. The summed E-state index contributed by atoms with van der Waals surface area (Å²) in [5.74, 6) is 0. The molecule has 0 aliphatic heterocycles. The molecule has 0 saturated heterocycles. The van der Waals surface area contributed by atoms with Crippen LogP contribution in [0.2, 0.25) is 25.7 Å². The highest BCUT2D eigenvalue weighted by atomic mass is 35.5. The number of carbonyl (C=O) groups excluding carboxylic acids is 1. The van der Waals surface area contributed by atoms with Crippen LogP contribution in [0.1, 0.15) is 11.1 Å². The summed E-state index contributed by atoms with van der Waals surface area (Å²) in [5.41, 5.74) is 7.65. The molecule has 0 saturated carbocycles. The zero-order chi connectivity index (χ0) is 14.3. The van der Waals surface area contributed by atoms with Gasteiger partial charge in [0.15, 0.2) is 0 Å². The van der Waals surface area contributed by atoms with Crippen molar-refractivity contribution in [1.29, 1.82) is 0 Å². The Labute approximate surface area is 128 Å². The SMILES string of the molecule is C[Si](C)(C)CCOC(=O)NCc1ccc(CN)cc1.Cl. The molecular formula is C14H25ClN2O2Si. The first-order chi connectivity index (χ1) is 8.90. The molecule has 1 aromatic carbocycles. The largest absolute Gasteiger partial charge is 0.450 e. The molecule has 0 spiro atoms. The minimum absolute atomic E-state index is 0. The number of ether oxygens (including phenoxy) is 1. The van der Waals surface area contributed by atoms with Crippen LogP contribution in [-0.2, 0) is 17.8 Å². The average Bonchev–Trinajstić information content (AvgIpc) is 2.35. The lowest BCUT2D eigenvalue weighted by atomic mass is 10.1. The fourth-order valence-electron chi connectivity index (χ4n) is 1.47. The Hall–Kier alpha value is -1.04. The molecule has 0 heterocycles. The molecule has 4 nitrogen and oxygen atoms in total. The highest BCUT2D eigenvalue weighted by Crippen LogP contribution is 2.07. The van der Waals surface area contributed by atoms with Gasteiger partial charge >= 0.3 is 6.09 Å². The van der Waals surface area contributed by atoms with Crippen LogP contribution in [0.25, 0.3) is 0 Å². The van der Waals surface area contributed by atoms with Gasteiger partial charge in [-0.25, -0.2) is 4.79 Å². The molecule has 6 heteroatoms. The highest BCUT2D eigenvalue weighted by Gasteiger charge is 2.13. The van der Waals surface area contributed by atoms with Crippen molar-refractivity contribution in [3.8, 4) is 0 Å². The van der Waals surface area contributed by atoms with E-state index in [1.54, 1.807) is 0 Å². The Morgan fingerprint density at radius 2 is 1.75 bits per heavy atom. The highest BCUT2D eigenvalue weighted by molar-refractivity contribution is 6.76. The Balaban J connectivity index is 0.00000361. The van der Waals surface area contributed by atoms with Gasteiger partial charge in [-0.1, -0.05) is 43.9 Å². The van der Waals surface area contributed by atoms with E-state index in [4.69, 9.17) is 10.5 Å². The second-order valence-electron chi connectivity index (χ2n) is 5.82. The van der Waals surface area contributed by atoms with Crippen molar-refractivity contribution < 1.29 is 9.53 Å². The molecular weight excluding hydrogens is 292 g/mol. The van der Waals surface area contributed by atoms with Gasteiger partial charge in [0.2, 0.25) is 0 Å². The minimum atomic E-state index is -1.14. The van der Waals surface area contributed by atoms with E-state index >= 15 is 0 Å². The summed E-state index contributed by atoms with van der Waals surface area (Å²) in [5, 5.41) is 2.75. The second-order valence-corrected chi connectivity index (χ2v) is 11.4. The molecule has 0 aliphatic rings. The maximum absolute atomic E-state index is 11.5. The van der Waals surface area contributed by atoms with Crippen LogP contribution in [0.3, 0.4) is 0 Å². The Morgan fingerprint density at radius 1 is 1.20 bits per heavy atom. The van der Waals surface area contributed by atoms with Crippen molar-refractivity contribution in [2.75, 3.05) is 6.61 Å². The van der Waals surface area contributed by atoms with E-state index in [2.05, 4.69) is 25.0 Å². The second kappa shape index (κ2) is 9.00. The number of nitrogens with one attached hydrogen (secondary N) is 1. The first-order valence-electron chi connectivity index (χ1n) is 6.59. The van der Waals surface area contributed by atoms with E-state index < -0.39 is 8.07 Å². The molecule has 0 radical (unpaired) electrons. The van der Waals surface area contributed by atoms with Crippen molar-refractivity contribution in [2.45, 2.75) is 38.8 Å². The summed E-state index contributed by atoms with van der Waals surface area (Å²) in [4.78, 5) is 11.5. The topological polar surface area (TPSA) is 64.3 Å². The van der Waals surface area contributed by atoms with Crippen LogP contribution < -0.4 is 11.1 Å². The molecule has 0 atom stereocenters. The van der Waals surface area contributed by atoms with Gasteiger partial charge in [-0.2, -0.15) is 0 Å². The molecule has 0 aromatic heterocycles. The Bertz CT molecular complexity index is 405. The molecule has 1 amide bonds. The Kier molecular flexibility index (Phi) is 8.53. The molecule has 20 heavy (non-hydrogen) atoms. The number of rotatable bonds is 6. The van der Waals surface area contributed by atoms with Gasteiger partial charge in [0.05, 0.1) is 6.61 Å². The summed E-state index contributed by atoms with van der Waals surface area (Å²) < 4.78 is 5.15. The minimum Gasteiger partial charge on any atom is -0.450 e. The standard InChI is InChI=1S/C14H24N2O2Si.ClH/c1-19(2,3)9-8-18-14(17)16-11-13-6-4-12(10-15)5-7-13;/h4-7H,8-11,15H2,1-3H3,(H,16,17);1H. The molecule has 0 unspecified atom stereocenters. The van der Waals surface area contributed by atoms with Crippen molar-refractivity contribution in [1.82, 2.24) is 5.32 Å². The van der Waals surface area contributed by atoms with Crippen molar-refractivity contribution in [3.63, 3.8) is 0 Å². The Morgan fingerprint density at radius 3 is 2.25 bits per heavy atom. The van der Waals surface area contributed by atoms with Crippen LogP contribution in [0.5, 0.6) is 0 Å².